The monoisotopic (exact) mass is 319 g/mol. The number of carboxylic acid groups (broad SMARTS) is 1. The maximum Gasteiger partial charge on any atom is 0.303 e. The van der Waals surface area contributed by atoms with Crippen LogP contribution < -0.4 is 5.32 Å². The molecule has 0 radical (unpaired) electrons. The van der Waals surface area contributed by atoms with Crippen LogP contribution in [-0.4, -0.2) is 23.5 Å². The summed E-state index contributed by atoms with van der Waals surface area (Å²) >= 11 is 0. The van der Waals surface area contributed by atoms with Crippen LogP contribution in [0.25, 0.3) is 0 Å². The van der Waals surface area contributed by atoms with Gasteiger partial charge in [-0.2, -0.15) is 0 Å². The predicted octanol–water partition coefficient (Wildman–Crippen LogP) is 3.72. The molecule has 0 saturated carbocycles. The zero-order chi connectivity index (χ0) is 16.9. The molecule has 1 amide bonds. The summed E-state index contributed by atoms with van der Waals surface area (Å²) in [4.78, 5) is 22.1. The highest BCUT2D eigenvalue weighted by Gasteiger charge is 2.02. The molecule has 0 heterocycles. The van der Waals surface area contributed by atoms with E-state index >= 15 is 0 Å². The molecule has 2 N–H and O–H groups in total. The van der Waals surface area contributed by atoms with E-state index in [4.69, 9.17) is 5.11 Å². The second-order valence-electron chi connectivity index (χ2n) is 5.97. The van der Waals surface area contributed by atoms with Crippen LogP contribution in [0.5, 0.6) is 0 Å². The van der Waals surface area contributed by atoms with Gasteiger partial charge in [0, 0.05) is 19.4 Å². The summed E-state index contributed by atoms with van der Waals surface area (Å²) in [6, 6.07) is 8.67. The van der Waals surface area contributed by atoms with Crippen molar-refractivity contribution in [3.05, 3.63) is 35.4 Å². The van der Waals surface area contributed by atoms with Gasteiger partial charge in [-0.1, -0.05) is 44.0 Å². The molecule has 0 atom stereocenters. The van der Waals surface area contributed by atoms with Gasteiger partial charge in [0.15, 0.2) is 0 Å². The topological polar surface area (TPSA) is 66.4 Å². The van der Waals surface area contributed by atoms with E-state index in [0.29, 0.717) is 19.4 Å². The van der Waals surface area contributed by atoms with E-state index in [2.05, 4.69) is 36.5 Å². The summed E-state index contributed by atoms with van der Waals surface area (Å²) in [6.07, 6.45) is 7.20. The van der Waals surface area contributed by atoms with E-state index < -0.39 is 5.97 Å². The molecule has 1 aromatic carbocycles. The molecule has 0 bridgehead atoms. The first kappa shape index (κ1) is 19.2. The third kappa shape index (κ3) is 9.72. The van der Waals surface area contributed by atoms with E-state index in [9.17, 15) is 9.59 Å². The van der Waals surface area contributed by atoms with Crippen LogP contribution in [-0.2, 0) is 22.4 Å². The van der Waals surface area contributed by atoms with Gasteiger partial charge < -0.3 is 10.4 Å². The third-order valence-electron chi connectivity index (χ3n) is 3.82. The Bertz CT molecular complexity index is 468. The first-order valence-corrected chi connectivity index (χ1v) is 8.68. The quantitative estimate of drug-likeness (QED) is 0.577. The van der Waals surface area contributed by atoms with Crippen molar-refractivity contribution in [3.63, 3.8) is 0 Å². The zero-order valence-electron chi connectivity index (χ0n) is 14.1. The lowest BCUT2D eigenvalue weighted by atomic mass is 10.0. The molecule has 0 aliphatic rings. The minimum Gasteiger partial charge on any atom is -0.481 e. The van der Waals surface area contributed by atoms with Gasteiger partial charge in [0.05, 0.1) is 0 Å². The number of rotatable bonds is 12. The van der Waals surface area contributed by atoms with E-state index in [1.165, 1.54) is 11.1 Å². The molecular weight excluding hydrogens is 290 g/mol. The number of aryl methyl sites for hydroxylation is 2. The summed E-state index contributed by atoms with van der Waals surface area (Å²) in [6.45, 7) is 2.82. The van der Waals surface area contributed by atoms with Crippen LogP contribution in [0.2, 0.25) is 0 Å². The van der Waals surface area contributed by atoms with Gasteiger partial charge in [-0.05, 0) is 43.2 Å². The standard InChI is InChI=1S/C19H29NO3/c1-2-7-16-11-13-17(14-12-16)8-6-9-18(21)20-15-5-3-4-10-19(22)23/h11-14H,2-10,15H2,1H3,(H,20,21)(H,22,23). The molecule has 128 valence electrons. The van der Waals surface area contributed by atoms with Crippen molar-refractivity contribution in [2.75, 3.05) is 6.54 Å². The van der Waals surface area contributed by atoms with E-state index in [1.807, 2.05) is 0 Å². The van der Waals surface area contributed by atoms with E-state index in [-0.39, 0.29) is 12.3 Å². The smallest absolute Gasteiger partial charge is 0.303 e. The minimum atomic E-state index is -0.753. The van der Waals surface area contributed by atoms with Gasteiger partial charge in [0.1, 0.15) is 0 Å². The Hall–Kier alpha value is -1.84. The van der Waals surface area contributed by atoms with Crippen LogP contribution in [0.15, 0.2) is 24.3 Å². The number of aliphatic carboxylic acids is 1. The molecule has 1 rings (SSSR count). The fourth-order valence-corrected chi connectivity index (χ4v) is 2.51. The van der Waals surface area contributed by atoms with E-state index in [0.717, 1.165) is 38.5 Å². The van der Waals surface area contributed by atoms with Crippen molar-refractivity contribution in [2.24, 2.45) is 0 Å². The lowest BCUT2D eigenvalue weighted by Crippen LogP contribution is -2.24. The van der Waals surface area contributed by atoms with Gasteiger partial charge in [-0.15, -0.1) is 0 Å². The second kappa shape index (κ2) is 11.7. The van der Waals surface area contributed by atoms with Gasteiger partial charge in [-0.25, -0.2) is 0 Å². The molecule has 0 aliphatic heterocycles. The van der Waals surface area contributed by atoms with Crippen LogP contribution in [0.3, 0.4) is 0 Å². The molecule has 4 nitrogen and oxygen atoms in total. The lowest BCUT2D eigenvalue weighted by Gasteiger charge is -2.06. The Morgan fingerprint density at radius 1 is 0.913 bits per heavy atom. The maximum atomic E-state index is 11.7. The van der Waals surface area contributed by atoms with E-state index in [1.54, 1.807) is 0 Å². The SMILES string of the molecule is CCCc1ccc(CCCC(=O)NCCCCCC(=O)O)cc1. The Labute approximate surface area is 139 Å². The van der Waals surface area contributed by atoms with Crippen LogP contribution in [0, 0.1) is 0 Å². The normalized spacial score (nSPS) is 10.5. The van der Waals surface area contributed by atoms with Crippen molar-refractivity contribution >= 4 is 11.9 Å². The number of amides is 1. The number of unbranched alkanes of at least 4 members (excludes halogenated alkanes) is 2. The number of nitrogens with one attached hydrogen (secondary N) is 1. The van der Waals surface area contributed by atoms with Crippen molar-refractivity contribution in [2.45, 2.75) is 64.7 Å². The van der Waals surface area contributed by atoms with Crippen molar-refractivity contribution in [3.8, 4) is 0 Å². The predicted molar refractivity (Wildman–Crippen MR) is 92.5 cm³/mol. The fourth-order valence-electron chi connectivity index (χ4n) is 2.51. The van der Waals surface area contributed by atoms with Crippen LogP contribution in [0.4, 0.5) is 0 Å². The molecule has 0 saturated heterocycles. The first-order valence-electron chi connectivity index (χ1n) is 8.68. The number of carbonyl (C=O) groups excluding carboxylic acids is 1. The van der Waals surface area contributed by atoms with Crippen molar-refractivity contribution in [1.82, 2.24) is 5.32 Å². The lowest BCUT2D eigenvalue weighted by molar-refractivity contribution is -0.137. The molecule has 0 aromatic heterocycles. The highest BCUT2D eigenvalue weighted by molar-refractivity contribution is 5.75. The number of benzene rings is 1. The number of carbonyl (C=O) groups is 2. The Morgan fingerprint density at radius 2 is 1.57 bits per heavy atom. The summed E-state index contributed by atoms with van der Waals surface area (Å²) in [7, 11) is 0. The molecule has 23 heavy (non-hydrogen) atoms. The molecule has 0 fully saturated rings. The average molecular weight is 319 g/mol. The summed E-state index contributed by atoms with van der Waals surface area (Å²) in [5.41, 5.74) is 2.66. The van der Waals surface area contributed by atoms with Gasteiger partial charge in [-0.3, -0.25) is 9.59 Å². The Kier molecular flexibility index (Phi) is 9.76. The largest absolute Gasteiger partial charge is 0.481 e. The Morgan fingerprint density at radius 3 is 2.17 bits per heavy atom. The molecular formula is C19H29NO3. The zero-order valence-corrected chi connectivity index (χ0v) is 14.1. The van der Waals surface area contributed by atoms with Gasteiger partial charge in [0.25, 0.3) is 0 Å². The molecule has 4 heteroatoms. The van der Waals surface area contributed by atoms with Crippen molar-refractivity contribution in [1.29, 1.82) is 0 Å². The fraction of sp³-hybridized carbons (Fsp3) is 0.579. The minimum absolute atomic E-state index is 0.0887. The number of carboxylic acids is 1. The summed E-state index contributed by atoms with van der Waals surface area (Å²) in [5.74, 6) is -0.664. The molecule has 0 aliphatic carbocycles. The number of hydrogen-bond acceptors (Lipinski definition) is 2. The second-order valence-corrected chi connectivity index (χ2v) is 5.97. The highest BCUT2D eigenvalue weighted by Crippen LogP contribution is 2.09. The average Bonchev–Trinajstić information content (AvgIpc) is 2.52. The van der Waals surface area contributed by atoms with Crippen LogP contribution in [0.1, 0.15) is 63.0 Å². The Balaban J connectivity index is 2.06. The maximum absolute atomic E-state index is 11.7. The highest BCUT2D eigenvalue weighted by atomic mass is 16.4. The third-order valence-corrected chi connectivity index (χ3v) is 3.82. The van der Waals surface area contributed by atoms with Gasteiger partial charge in [0.2, 0.25) is 5.91 Å². The first-order chi connectivity index (χ1) is 11.1. The molecule has 0 unspecified atom stereocenters. The number of hydrogen-bond donors (Lipinski definition) is 2. The van der Waals surface area contributed by atoms with Crippen molar-refractivity contribution < 1.29 is 14.7 Å². The summed E-state index contributed by atoms with van der Waals surface area (Å²) in [5, 5.41) is 11.4. The molecule has 1 aromatic rings. The summed E-state index contributed by atoms with van der Waals surface area (Å²) < 4.78 is 0. The van der Waals surface area contributed by atoms with Crippen LogP contribution >= 0.6 is 0 Å². The molecule has 0 spiro atoms. The van der Waals surface area contributed by atoms with Gasteiger partial charge >= 0.3 is 5.97 Å².